The molecule has 0 aliphatic heterocycles. The number of rotatable bonds is 6. The van der Waals surface area contributed by atoms with Crippen LogP contribution in [0.3, 0.4) is 0 Å². The van der Waals surface area contributed by atoms with Gasteiger partial charge in [0.15, 0.2) is 0 Å². The number of ether oxygens (including phenoxy) is 1. The molecule has 8 heteroatoms. The predicted octanol–water partition coefficient (Wildman–Crippen LogP) is 0.0656. The summed E-state index contributed by atoms with van der Waals surface area (Å²) >= 11 is 0. The van der Waals surface area contributed by atoms with E-state index in [0.29, 0.717) is 5.69 Å². The Morgan fingerprint density at radius 1 is 1.35 bits per heavy atom. The van der Waals surface area contributed by atoms with E-state index in [4.69, 9.17) is 16.2 Å². The first-order valence-electron chi connectivity index (χ1n) is 5.94. The lowest BCUT2D eigenvalue weighted by atomic mass is 10.1. The normalized spacial score (nSPS) is 13.2. The SMILES string of the molecule is COc1cc(N)ccc1S(=O)(=O)NC(C(N)=O)C(C)C. The topological polar surface area (TPSA) is 125 Å². The summed E-state index contributed by atoms with van der Waals surface area (Å²) in [5.74, 6) is -0.912. The van der Waals surface area contributed by atoms with Gasteiger partial charge in [-0.15, -0.1) is 0 Å². The molecule has 0 fully saturated rings. The Morgan fingerprint density at radius 2 is 1.95 bits per heavy atom. The van der Waals surface area contributed by atoms with Crippen LogP contribution in [0, 0.1) is 5.92 Å². The molecule has 0 saturated carbocycles. The summed E-state index contributed by atoms with van der Waals surface area (Å²) in [7, 11) is -2.61. The molecule has 1 rings (SSSR count). The van der Waals surface area contributed by atoms with Crippen molar-refractivity contribution in [2.75, 3.05) is 12.8 Å². The van der Waals surface area contributed by atoms with Crippen molar-refractivity contribution in [2.45, 2.75) is 24.8 Å². The molecule has 0 heterocycles. The molecule has 1 unspecified atom stereocenters. The lowest BCUT2D eigenvalue weighted by Crippen LogP contribution is -2.47. The third-order valence-electron chi connectivity index (χ3n) is 2.73. The van der Waals surface area contributed by atoms with Gasteiger partial charge < -0.3 is 16.2 Å². The Labute approximate surface area is 118 Å². The molecule has 0 radical (unpaired) electrons. The van der Waals surface area contributed by atoms with Gasteiger partial charge in [0.25, 0.3) is 0 Å². The third kappa shape index (κ3) is 3.61. The highest BCUT2D eigenvalue weighted by Gasteiger charge is 2.28. The minimum Gasteiger partial charge on any atom is -0.495 e. The molecule has 0 spiro atoms. The first-order chi connectivity index (χ1) is 9.19. The maximum Gasteiger partial charge on any atom is 0.244 e. The molecule has 112 valence electrons. The molecule has 1 atom stereocenters. The number of methoxy groups -OCH3 is 1. The van der Waals surface area contributed by atoms with Crippen molar-refractivity contribution in [3.63, 3.8) is 0 Å². The lowest BCUT2D eigenvalue weighted by Gasteiger charge is -2.19. The number of nitrogens with one attached hydrogen (secondary N) is 1. The molecule has 5 N–H and O–H groups in total. The van der Waals surface area contributed by atoms with Gasteiger partial charge in [0.2, 0.25) is 15.9 Å². The summed E-state index contributed by atoms with van der Waals surface area (Å²) in [6.07, 6.45) is 0. The number of benzene rings is 1. The second-order valence-corrected chi connectivity index (χ2v) is 6.34. The van der Waals surface area contributed by atoms with Crippen molar-refractivity contribution in [2.24, 2.45) is 11.7 Å². The maximum atomic E-state index is 12.3. The summed E-state index contributed by atoms with van der Waals surface area (Å²) in [6, 6.07) is 3.14. The van der Waals surface area contributed by atoms with E-state index in [2.05, 4.69) is 4.72 Å². The number of carbonyl (C=O) groups excluding carboxylic acids is 1. The minimum absolute atomic E-state index is 0.0962. The largest absolute Gasteiger partial charge is 0.495 e. The monoisotopic (exact) mass is 301 g/mol. The average Bonchev–Trinajstić information content (AvgIpc) is 2.34. The zero-order valence-electron chi connectivity index (χ0n) is 11.6. The number of hydrogen-bond acceptors (Lipinski definition) is 5. The molecule has 0 saturated heterocycles. The number of hydrogen-bond donors (Lipinski definition) is 3. The fourth-order valence-corrected chi connectivity index (χ4v) is 3.16. The van der Waals surface area contributed by atoms with E-state index in [9.17, 15) is 13.2 Å². The van der Waals surface area contributed by atoms with Crippen LogP contribution in [0.5, 0.6) is 5.75 Å². The van der Waals surface area contributed by atoms with E-state index < -0.39 is 22.0 Å². The van der Waals surface area contributed by atoms with Crippen LogP contribution in [0.2, 0.25) is 0 Å². The van der Waals surface area contributed by atoms with Crippen molar-refractivity contribution < 1.29 is 17.9 Å². The average molecular weight is 301 g/mol. The Kier molecular flexibility index (Phi) is 4.96. The number of amides is 1. The van der Waals surface area contributed by atoms with Gasteiger partial charge in [0.05, 0.1) is 7.11 Å². The van der Waals surface area contributed by atoms with E-state index in [-0.39, 0.29) is 16.6 Å². The van der Waals surface area contributed by atoms with Gasteiger partial charge >= 0.3 is 0 Å². The van der Waals surface area contributed by atoms with Crippen molar-refractivity contribution in [3.05, 3.63) is 18.2 Å². The predicted molar refractivity (Wildman–Crippen MR) is 75.5 cm³/mol. The van der Waals surface area contributed by atoms with Gasteiger partial charge in [-0.25, -0.2) is 8.42 Å². The van der Waals surface area contributed by atoms with Crippen LogP contribution in [0.1, 0.15) is 13.8 Å². The van der Waals surface area contributed by atoms with Crippen LogP contribution in [0.25, 0.3) is 0 Å². The van der Waals surface area contributed by atoms with E-state index in [1.165, 1.54) is 25.3 Å². The van der Waals surface area contributed by atoms with Gasteiger partial charge in [0.1, 0.15) is 16.7 Å². The molecule has 1 aromatic carbocycles. The first kappa shape index (κ1) is 16.3. The number of anilines is 1. The number of nitrogens with two attached hydrogens (primary N) is 2. The van der Waals surface area contributed by atoms with Gasteiger partial charge in [-0.05, 0) is 18.1 Å². The van der Waals surface area contributed by atoms with Crippen molar-refractivity contribution in [1.82, 2.24) is 4.72 Å². The molecule has 0 aliphatic rings. The zero-order chi connectivity index (χ0) is 15.5. The molecule has 7 nitrogen and oxygen atoms in total. The smallest absolute Gasteiger partial charge is 0.244 e. The van der Waals surface area contributed by atoms with Gasteiger partial charge in [-0.1, -0.05) is 13.8 Å². The summed E-state index contributed by atoms with van der Waals surface area (Å²) in [5, 5.41) is 0. The highest BCUT2D eigenvalue weighted by molar-refractivity contribution is 7.89. The third-order valence-corrected chi connectivity index (χ3v) is 4.21. The minimum atomic E-state index is -3.94. The van der Waals surface area contributed by atoms with Crippen LogP contribution < -0.4 is 20.9 Å². The fourth-order valence-electron chi connectivity index (χ4n) is 1.66. The molecular weight excluding hydrogens is 282 g/mol. The van der Waals surface area contributed by atoms with E-state index in [1.54, 1.807) is 13.8 Å². The molecule has 0 aromatic heterocycles. The van der Waals surface area contributed by atoms with E-state index in [1.807, 2.05) is 0 Å². The molecule has 1 amide bonds. The molecule has 20 heavy (non-hydrogen) atoms. The number of sulfonamides is 1. The first-order valence-corrected chi connectivity index (χ1v) is 7.42. The van der Waals surface area contributed by atoms with Gasteiger partial charge in [-0.3, -0.25) is 4.79 Å². The summed E-state index contributed by atoms with van der Waals surface area (Å²) < 4.78 is 31.9. The van der Waals surface area contributed by atoms with Crippen molar-refractivity contribution >= 4 is 21.6 Å². The van der Waals surface area contributed by atoms with Crippen LogP contribution >= 0.6 is 0 Å². The van der Waals surface area contributed by atoms with E-state index >= 15 is 0 Å². The Hall–Kier alpha value is -1.80. The molecule has 0 bridgehead atoms. The number of nitrogen functional groups attached to an aromatic ring is 1. The lowest BCUT2D eigenvalue weighted by molar-refractivity contribution is -0.120. The zero-order valence-corrected chi connectivity index (χ0v) is 12.4. The van der Waals surface area contributed by atoms with Gasteiger partial charge in [0, 0.05) is 11.8 Å². The van der Waals surface area contributed by atoms with Crippen molar-refractivity contribution in [3.8, 4) is 5.75 Å². The van der Waals surface area contributed by atoms with Gasteiger partial charge in [-0.2, -0.15) is 4.72 Å². The molecule has 0 aliphatic carbocycles. The maximum absolute atomic E-state index is 12.3. The Balaban J connectivity index is 3.20. The summed E-state index contributed by atoms with van der Waals surface area (Å²) in [6.45, 7) is 3.39. The highest BCUT2D eigenvalue weighted by Crippen LogP contribution is 2.26. The molecular formula is C12H19N3O4S. The summed E-state index contributed by atoms with van der Waals surface area (Å²) in [5.41, 5.74) is 11.1. The van der Waals surface area contributed by atoms with Crippen molar-refractivity contribution in [1.29, 1.82) is 0 Å². The van der Waals surface area contributed by atoms with Crippen LogP contribution in [-0.2, 0) is 14.8 Å². The number of carbonyl (C=O) groups is 1. The van der Waals surface area contributed by atoms with E-state index in [0.717, 1.165) is 0 Å². The standard InChI is InChI=1S/C12H19N3O4S/c1-7(2)11(12(14)16)15-20(17,18)10-5-4-8(13)6-9(10)19-3/h4-7,11,15H,13H2,1-3H3,(H2,14,16). The fraction of sp³-hybridized carbons (Fsp3) is 0.417. The highest BCUT2D eigenvalue weighted by atomic mass is 32.2. The second-order valence-electron chi connectivity index (χ2n) is 4.66. The number of primary amides is 1. The molecule has 1 aromatic rings. The summed E-state index contributed by atoms with van der Waals surface area (Å²) in [4.78, 5) is 11.2. The van der Waals surface area contributed by atoms with Crippen LogP contribution in [0.4, 0.5) is 5.69 Å². The Bertz CT molecular complexity index is 599. The second kappa shape index (κ2) is 6.10. The quantitative estimate of drug-likeness (QED) is 0.641. The van der Waals surface area contributed by atoms with Crippen LogP contribution in [0.15, 0.2) is 23.1 Å². The Morgan fingerprint density at radius 3 is 2.40 bits per heavy atom. The van der Waals surface area contributed by atoms with Crippen LogP contribution in [-0.4, -0.2) is 27.5 Å².